The zero-order chi connectivity index (χ0) is 11.9. The molecule has 1 aliphatic carbocycles. The van der Waals surface area contributed by atoms with Crippen LogP contribution in [0.2, 0.25) is 0 Å². The maximum Gasteiger partial charge on any atom is 0.221 e. The van der Waals surface area contributed by atoms with Crippen LogP contribution in [-0.4, -0.2) is 37.0 Å². The smallest absolute Gasteiger partial charge is 0.221 e. The minimum Gasteiger partial charge on any atom is -0.355 e. The van der Waals surface area contributed by atoms with Gasteiger partial charge >= 0.3 is 0 Å². The molecular formula is C12H24N2OS. The molecule has 0 atom stereocenters. The van der Waals surface area contributed by atoms with Gasteiger partial charge < -0.3 is 10.6 Å². The van der Waals surface area contributed by atoms with Crippen molar-refractivity contribution in [2.75, 3.05) is 25.6 Å². The zero-order valence-corrected chi connectivity index (χ0v) is 11.3. The van der Waals surface area contributed by atoms with E-state index in [1.807, 2.05) is 7.05 Å². The SMILES string of the molecule is CNC1(CC(=O)NCCSC)CCCCC1. The molecule has 0 aromatic carbocycles. The molecule has 0 heterocycles. The summed E-state index contributed by atoms with van der Waals surface area (Å²) in [6.45, 7) is 0.791. The highest BCUT2D eigenvalue weighted by molar-refractivity contribution is 7.98. The third-order valence-corrected chi connectivity index (χ3v) is 4.08. The molecule has 2 N–H and O–H groups in total. The molecule has 0 saturated heterocycles. The number of rotatable bonds is 6. The zero-order valence-electron chi connectivity index (χ0n) is 10.5. The lowest BCUT2D eigenvalue weighted by molar-refractivity contribution is -0.122. The average molecular weight is 244 g/mol. The highest BCUT2D eigenvalue weighted by Crippen LogP contribution is 2.30. The van der Waals surface area contributed by atoms with Gasteiger partial charge in [-0.05, 0) is 26.1 Å². The minimum absolute atomic E-state index is 0.0711. The van der Waals surface area contributed by atoms with E-state index in [1.165, 1.54) is 19.3 Å². The second-order valence-corrected chi connectivity index (χ2v) is 5.60. The average Bonchev–Trinajstić information content (AvgIpc) is 2.30. The molecule has 1 rings (SSSR count). The molecule has 0 aliphatic heterocycles. The maximum atomic E-state index is 11.8. The number of carbonyl (C=O) groups is 1. The summed E-state index contributed by atoms with van der Waals surface area (Å²) in [5.41, 5.74) is 0.0711. The number of nitrogens with one attached hydrogen (secondary N) is 2. The summed E-state index contributed by atoms with van der Waals surface area (Å²) in [7, 11) is 1.99. The van der Waals surface area contributed by atoms with Crippen molar-refractivity contribution < 1.29 is 4.79 Å². The number of carbonyl (C=O) groups excluding carboxylic acids is 1. The Labute approximate surface area is 103 Å². The predicted octanol–water partition coefficient (Wildman–Crippen LogP) is 1.78. The van der Waals surface area contributed by atoms with Crippen LogP contribution in [0, 0.1) is 0 Å². The van der Waals surface area contributed by atoms with Gasteiger partial charge in [0, 0.05) is 24.3 Å². The Balaban J connectivity index is 2.33. The summed E-state index contributed by atoms with van der Waals surface area (Å²) >= 11 is 1.76. The van der Waals surface area contributed by atoms with Gasteiger partial charge in [-0.25, -0.2) is 0 Å². The molecule has 94 valence electrons. The van der Waals surface area contributed by atoms with E-state index in [9.17, 15) is 4.79 Å². The minimum atomic E-state index is 0.0711. The quantitative estimate of drug-likeness (QED) is 0.700. The van der Waals surface area contributed by atoms with Crippen molar-refractivity contribution in [3.05, 3.63) is 0 Å². The Morgan fingerprint density at radius 3 is 2.56 bits per heavy atom. The molecule has 0 unspecified atom stereocenters. The van der Waals surface area contributed by atoms with Gasteiger partial charge in [-0.3, -0.25) is 4.79 Å². The van der Waals surface area contributed by atoms with Crippen molar-refractivity contribution in [2.45, 2.75) is 44.1 Å². The van der Waals surface area contributed by atoms with Crippen LogP contribution in [0.25, 0.3) is 0 Å². The monoisotopic (exact) mass is 244 g/mol. The van der Waals surface area contributed by atoms with Crippen molar-refractivity contribution in [3.8, 4) is 0 Å². The van der Waals surface area contributed by atoms with Crippen LogP contribution in [0.1, 0.15) is 38.5 Å². The van der Waals surface area contributed by atoms with Crippen LogP contribution in [0.15, 0.2) is 0 Å². The van der Waals surface area contributed by atoms with Crippen molar-refractivity contribution in [1.82, 2.24) is 10.6 Å². The van der Waals surface area contributed by atoms with Crippen LogP contribution >= 0.6 is 11.8 Å². The van der Waals surface area contributed by atoms with Gasteiger partial charge in [0.15, 0.2) is 0 Å². The number of hydrogen-bond donors (Lipinski definition) is 2. The Morgan fingerprint density at radius 1 is 1.31 bits per heavy atom. The van der Waals surface area contributed by atoms with Crippen LogP contribution in [0.3, 0.4) is 0 Å². The van der Waals surface area contributed by atoms with Gasteiger partial charge in [0.2, 0.25) is 5.91 Å². The summed E-state index contributed by atoms with van der Waals surface area (Å²) in [6.07, 6.45) is 8.79. The van der Waals surface area contributed by atoms with Gasteiger partial charge in [0.1, 0.15) is 0 Å². The van der Waals surface area contributed by atoms with Gasteiger partial charge in [-0.1, -0.05) is 19.3 Å². The first-order valence-electron chi connectivity index (χ1n) is 6.17. The van der Waals surface area contributed by atoms with E-state index in [-0.39, 0.29) is 11.4 Å². The summed E-state index contributed by atoms with van der Waals surface area (Å²) < 4.78 is 0. The van der Waals surface area contributed by atoms with E-state index in [4.69, 9.17) is 0 Å². The lowest BCUT2D eigenvalue weighted by Gasteiger charge is -2.36. The summed E-state index contributed by atoms with van der Waals surface area (Å²) in [6, 6.07) is 0. The molecule has 0 radical (unpaired) electrons. The molecule has 1 saturated carbocycles. The van der Waals surface area contributed by atoms with Crippen LogP contribution < -0.4 is 10.6 Å². The molecular weight excluding hydrogens is 220 g/mol. The topological polar surface area (TPSA) is 41.1 Å². The first-order valence-corrected chi connectivity index (χ1v) is 7.56. The van der Waals surface area contributed by atoms with Gasteiger partial charge in [0.05, 0.1) is 0 Å². The van der Waals surface area contributed by atoms with Crippen molar-refractivity contribution in [2.24, 2.45) is 0 Å². The third-order valence-electron chi connectivity index (χ3n) is 3.47. The molecule has 3 nitrogen and oxygen atoms in total. The van der Waals surface area contributed by atoms with E-state index in [0.717, 1.165) is 25.1 Å². The fourth-order valence-corrected chi connectivity index (χ4v) is 2.71. The van der Waals surface area contributed by atoms with Crippen molar-refractivity contribution >= 4 is 17.7 Å². The molecule has 0 bridgehead atoms. The van der Waals surface area contributed by atoms with Gasteiger partial charge in [0.25, 0.3) is 0 Å². The highest BCUT2D eigenvalue weighted by atomic mass is 32.2. The Kier molecular flexibility index (Phi) is 6.21. The second kappa shape index (κ2) is 7.17. The molecule has 4 heteroatoms. The Morgan fingerprint density at radius 2 is 2.00 bits per heavy atom. The van der Waals surface area contributed by atoms with Gasteiger partial charge in [-0.15, -0.1) is 0 Å². The van der Waals surface area contributed by atoms with E-state index < -0.39 is 0 Å². The summed E-state index contributed by atoms with van der Waals surface area (Å²) in [5, 5.41) is 6.36. The molecule has 1 aliphatic rings. The maximum absolute atomic E-state index is 11.8. The van der Waals surface area contributed by atoms with E-state index in [1.54, 1.807) is 11.8 Å². The molecule has 16 heavy (non-hydrogen) atoms. The third kappa shape index (κ3) is 4.34. The fourth-order valence-electron chi connectivity index (χ4n) is 2.41. The second-order valence-electron chi connectivity index (χ2n) is 4.61. The highest BCUT2D eigenvalue weighted by Gasteiger charge is 2.32. The summed E-state index contributed by atoms with van der Waals surface area (Å²) in [5.74, 6) is 1.20. The molecule has 0 aromatic rings. The standard InChI is InChI=1S/C12H24N2OS/c1-13-12(6-4-3-5-7-12)10-11(15)14-8-9-16-2/h13H,3-10H2,1-2H3,(H,14,15). The van der Waals surface area contributed by atoms with E-state index in [2.05, 4.69) is 16.9 Å². The number of hydrogen-bond acceptors (Lipinski definition) is 3. The van der Waals surface area contributed by atoms with Crippen molar-refractivity contribution in [1.29, 1.82) is 0 Å². The fraction of sp³-hybridized carbons (Fsp3) is 0.917. The summed E-state index contributed by atoms with van der Waals surface area (Å²) in [4.78, 5) is 11.8. The number of amides is 1. The van der Waals surface area contributed by atoms with Crippen molar-refractivity contribution in [3.63, 3.8) is 0 Å². The van der Waals surface area contributed by atoms with Crippen LogP contribution in [-0.2, 0) is 4.79 Å². The number of thioether (sulfide) groups is 1. The van der Waals surface area contributed by atoms with Crippen LogP contribution in [0.4, 0.5) is 0 Å². The van der Waals surface area contributed by atoms with E-state index >= 15 is 0 Å². The molecule has 0 spiro atoms. The van der Waals surface area contributed by atoms with Crippen LogP contribution in [0.5, 0.6) is 0 Å². The predicted molar refractivity (Wildman–Crippen MR) is 70.9 cm³/mol. The normalized spacial score (nSPS) is 19.4. The first-order chi connectivity index (χ1) is 7.72. The Hall–Kier alpha value is -0.220. The van der Waals surface area contributed by atoms with E-state index in [0.29, 0.717) is 6.42 Å². The lowest BCUT2D eigenvalue weighted by atomic mass is 9.79. The molecule has 1 amide bonds. The first kappa shape index (κ1) is 13.8. The molecule has 0 aromatic heterocycles. The lowest BCUT2D eigenvalue weighted by Crippen LogP contribution is -2.48. The largest absolute Gasteiger partial charge is 0.355 e. The van der Waals surface area contributed by atoms with Gasteiger partial charge in [-0.2, -0.15) is 11.8 Å². The molecule has 1 fully saturated rings. The Bertz CT molecular complexity index is 215.